The van der Waals surface area contributed by atoms with E-state index in [0.29, 0.717) is 49.2 Å². The molecule has 2 aromatic rings. The summed E-state index contributed by atoms with van der Waals surface area (Å²) in [7, 11) is 3.08. The van der Waals surface area contributed by atoms with Gasteiger partial charge in [-0.15, -0.1) is 0 Å². The van der Waals surface area contributed by atoms with Gasteiger partial charge in [0, 0.05) is 39.2 Å². The van der Waals surface area contributed by atoms with Crippen LogP contribution in [0.5, 0.6) is 11.5 Å². The summed E-state index contributed by atoms with van der Waals surface area (Å²) in [4.78, 5) is 36.3. The van der Waals surface area contributed by atoms with Gasteiger partial charge in [0.15, 0.2) is 0 Å². The fraction of sp³-hybridized carbons (Fsp3) is 0.368. The molecule has 3 rings (SSSR count). The van der Waals surface area contributed by atoms with Crippen molar-refractivity contribution in [3.8, 4) is 11.5 Å². The number of rotatable bonds is 5. The molecule has 28 heavy (non-hydrogen) atoms. The van der Waals surface area contributed by atoms with E-state index in [2.05, 4.69) is 15.3 Å². The van der Waals surface area contributed by atoms with Crippen LogP contribution in [-0.2, 0) is 4.79 Å². The first-order valence-corrected chi connectivity index (χ1v) is 8.87. The maximum absolute atomic E-state index is 12.5. The van der Waals surface area contributed by atoms with Crippen molar-refractivity contribution in [2.45, 2.75) is 6.92 Å². The molecule has 1 aliphatic heterocycles. The van der Waals surface area contributed by atoms with Crippen molar-refractivity contribution < 1.29 is 19.1 Å². The van der Waals surface area contributed by atoms with Gasteiger partial charge < -0.3 is 24.6 Å². The average Bonchev–Trinajstić information content (AvgIpc) is 2.74. The van der Waals surface area contributed by atoms with Crippen molar-refractivity contribution in [2.75, 3.05) is 50.6 Å². The summed E-state index contributed by atoms with van der Waals surface area (Å²) in [6, 6.07) is 5.12. The van der Waals surface area contributed by atoms with Gasteiger partial charge in [0.25, 0.3) is 5.91 Å². The van der Waals surface area contributed by atoms with Crippen molar-refractivity contribution in [1.82, 2.24) is 14.9 Å². The van der Waals surface area contributed by atoms with Crippen molar-refractivity contribution in [1.29, 1.82) is 0 Å². The second kappa shape index (κ2) is 8.55. The summed E-state index contributed by atoms with van der Waals surface area (Å²) in [6.07, 6.45) is 3.02. The number of ether oxygens (including phenoxy) is 2. The van der Waals surface area contributed by atoms with Gasteiger partial charge in [-0.2, -0.15) is 0 Å². The van der Waals surface area contributed by atoms with Crippen LogP contribution in [0, 0.1) is 0 Å². The highest BCUT2D eigenvalue weighted by molar-refractivity contribution is 6.03. The molecule has 2 heterocycles. The summed E-state index contributed by atoms with van der Waals surface area (Å²) < 4.78 is 10.4. The van der Waals surface area contributed by atoms with Gasteiger partial charge in [-0.1, -0.05) is 0 Å². The highest BCUT2D eigenvalue weighted by atomic mass is 16.5. The number of carbonyl (C=O) groups excluding carboxylic acids is 2. The lowest BCUT2D eigenvalue weighted by Gasteiger charge is -2.34. The van der Waals surface area contributed by atoms with Crippen LogP contribution in [0.15, 0.2) is 30.6 Å². The number of nitrogens with zero attached hydrogens (tertiary/aromatic N) is 4. The van der Waals surface area contributed by atoms with Gasteiger partial charge in [-0.3, -0.25) is 9.59 Å². The Morgan fingerprint density at radius 2 is 1.79 bits per heavy atom. The standard InChI is InChI=1S/C19H23N5O4/c1-13(25)23-6-8-24(9-7-23)18-12-20-16(11-21-18)19(26)22-15-5-4-14(27-2)10-17(15)28-3/h4-5,10-12H,6-9H2,1-3H3,(H,22,26). The number of benzene rings is 1. The molecule has 1 aromatic heterocycles. The Morgan fingerprint density at radius 1 is 1.04 bits per heavy atom. The second-order valence-corrected chi connectivity index (χ2v) is 6.27. The molecule has 2 amide bonds. The zero-order chi connectivity index (χ0) is 20.1. The number of anilines is 2. The number of methoxy groups -OCH3 is 2. The number of piperazine rings is 1. The molecule has 1 fully saturated rings. The quantitative estimate of drug-likeness (QED) is 0.831. The van der Waals surface area contributed by atoms with E-state index in [4.69, 9.17) is 9.47 Å². The first-order valence-electron chi connectivity index (χ1n) is 8.87. The van der Waals surface area contributed by atoms with Crippen LogP contribution in [0.2, 0.25) is 0 Å². The van der Waals surface area contributed by atoms with E-state index in [-0.39, 0.29) is 17.5 Å². The molecular formula is C19H23N5O4. The topological polar surface area (TPSA) is 96.9 Å². The van der Waals surface area contributed by atoms with E-state index >= 15 is 0 Å². The van der Waals surface area contributed by atoms with Crippen LogP contribution in [0.4, 0.5) is 11.5 Å². The molecule has 0 spiro atoms. The number of hydrogen-bond donors (Lipinski definition) is 1. The van der Waals surface area contributed by atoms with Crippen molar-refractivity contribution >= 4 is 23.3 Å². The summed E-state index contributed by atoms with van der Waals surface area (Å²) in [5.41, 5.74) is 0.712. The van der Waals surface area contributed by atoms with Crippen LogP contribution < -0.4 is 19.7 Å². The number of hydrogen-bond acceptors (Lipinski definition) is 7. The van der Waals surface area contributed by atoms with Crippen molar-refractivity contribution in [2.24, 2.45) is 0 Å². The molecule has 148 valence electrons. The third-order valence-corrected chi connectivity index (χ3v) is 4.58. The first kappa shape index (κ1) is 19.4. The Morgan fingerprint density at radius 3 is 2.36 bits per heavy atom. The molecule has 0 atom stereocenters. The fourth-order valence-corrected chi connectivity index (χ4v) is 2.94. The molecule has 1 aromatic carbocycles. The monoisotopic (exact) mass is 385 g/mol. The van der Waals surface area contributed by atoms with Crippen molar-refractivity contribution in [3.05, 3.63) is 36.3 Å². The SMILES string of the molecule is COc1ccc(NC(=O)c2cnc(N3CCN(C(C)=O)CC3)cn2)c(OC)c1. The number of carbonyl (C=O) groups is 2. The third-order valence-electron chi connectivity index (χ3n) is 4.58. The lowest BCUT2D eigenvalue weighted by atomic mass is 10.2. The first-order chi connectivity index (χ1) is 13.5. The van der Waals surface area contributed by atoms with E-state index in [1.54, 1.807) is 43.3 Å². The largest absolute Gasteiger partial charge is 0.497 e. The predicted molar refractivity (Wildman–Crippen MR) is 104 cm³/mol. The average molecular weight is 385 g/mol. The molecule has 1 saturated heterocycles. The predicted octanol–water partition coefficient (Wildman–Crippen LogP) is 1.41. The highest BCUT2D eigenvalue weighted by Gasteiger charge is 2.20. The molecule has 1 N–H and O–H groups in total. The van der Waals surface area contributed by atoms with Gasteiger partial charge in [-0.25, -0.2) is 9.97 Å². The molecule has 9 nitrogen and oxygen atoms in total. The van der Waals surface area contributed by atoms with Gasteiger partial charge in [-0.05, 0) is 12.1 Å². The molecule has 0 aliphatic carbocycles. The highest BCUT2D eigenvalue weighted by Crippen LogP contribution is 2.29. The molecule has 0 bridgehead atoms. The molecule has 1 aliphatic rings. The number of aromatic nitrogens is 2. The summed E-state index contributed by atoms with van der Waals surface area (Å²) in [5, 5.41) is 2.77. The minimum Gasteiger partial charge on any atom is -0.497 e. The van der Waals surface area contributed by atoms with Gasteiger partial charge in [0.2, 0.25) is 5.91 Å². The third kappa shape index (κ3) is 4.30. The van der Waals surface area contributed by atoms with Gasteiger partial charge in [0.05, 0.1) is 32.3 Å². The van der Waals surface area contributed by atoms with Crippen LogP contribution in [0.25, 0.3) is 0 Å². The Labute approximate surface area is 163 Å². The minimum absolute atomic E-state index is 0.0757. The Kier molecular flexibility index (Phi) is 5.93. The van der Waals surface area contributed by atoms with E-state index in [1.807, 2.05) is 4.90 Å². The van der Waals surface area contributed by atoms with E-state index in [9.17, 15) is 9.59 Å². The van der Waals surface area contributed by atoms with Gasteiger partial charge >= 0.3 is 0 Å². The smallest absolute Gasteiger partial charge is 0.275 e. The Balaban J connectivity index is 1.65. The lowest BCUT2D eigenvalue weighted by Crippen LogP contribution is -2.48. The van der Waals surface area contributed by atoms with E-state index in [1.165, 1.54) is 13.3 Å². The molecular weight excluding hydrogens is 362 g/mol. The zero-order valence-electron chi connectivity index (χ0n) is 16.1. The number of nitrogens with one attached hydrogen (secondary N) is 1. The maximum Gasteiger partial charge on any atom is 0.275 e. The fourth-order valence-electron chi connectivity index (χ4n) is 2.94. The van der Waals surface area contributed by atoms with Crippen molar-refractivity contribution in [3.63, 3.8) is 0 Å². The van der Waals surface area contributed by atoms with Crippen LogP contribution in [0.3, 0.4) is 0 Å². The molecule has 0 radical (unpaired) electrons. The van der Waals surface area contributed by atoms with Crippen LogP contribution in [0.1, 0.15) is 17.4 Å². The Bertz CT molecular complexity index is 848. The number of amides is 2. The Hall–Kier alpha value is -3.36. The normalized spacial score (nSPS) is 13.8. The maximum atomic E-state index is 12.5. The molecule has 0 unspecified atom stereocenters. The second-order valence-electron chi connectivity index (χ2n) is 6.27. The van der Waals surface area contributed by atoms with Gasteiger partial charge in [0.1, 0.15) is 23.0 Å². The zero-order valence-corrected chi connectivity index (χ0v) is 16.1. The lowest BCUT2D eigenvalue weighted by molar-refractivity contribution is -0.129. The van der Waals surface area contributed by atoms with E-state index < -0.39 is 0 Å². The molecule has 0 saturated carbocycles. The molecule has 9 heteroatoms. The summed E-state index contributed by atoms with van der Waals surface area (Å²) >= 11 is 0. The van der Waals surface area contributed by atoms with Crippen LogP contribution in [-0.4, -0.2) is 67.1 Å². The summed E-state index contributed by atoms with van der Waals surface area (Å²) in [6.45, 7) is 4.24. The van der Waals surface area contributed by atoms with E-state index in [0.717, 1.165) is 0 Å². The van der Waals surface area contributed by atoms with Crippen LogP contribution >= 0.6 is 0 Å². The summed E-state index contributed by atoms with van der Waals surface area (Å²) in [5.74, 6) is 1.49. The minimum atomic E-state index is -0.385.